The van der Waals surface area contributed by atoms with E-state index in [0.717, 1.165) is 0 Å². The van der Waals surface area contributed by atoms with Crippen LogP contribution in [0.1, 0.15) is 18.4 Å². The first-order valence-electron chi connectivity index (χ1n) is 10.7. The lowest BCUT2D eigenvalue weighted by Gasteiger charge is -2.15. The van der Waals surface area contributed by atoms with Crippen LogP contribution in [0.2, 0.25) is 10.0 Å². The average molecular weight is 587 g/mol. The van der Waals surface area contributed by atoms with E-state index in [0.29, 0.717) is 55.0 Å². The standard InChI is InChI=1S/C26H18BrCl2N3O4/c1-2-34-23-11-15(9-16(13-30)26-32-21-5-3-4-6-22(21)36-26)10-18(27)25(23)35-14-24(33)31-17-7-8-19(28)20(29)12-17/h3-12H,2,14H2,1H3,(H,31,33)/b16-9+. The maximum absolute atomic E-state index is 12.4. The molecule has 0 radical (unpaired) electrons. The number of nitrogens with zero attached hydrogens (tertiary/aromatic N) is 2. The van der Waals surface area contributed by atoms with Gasteiger partial charge in [0, 0.05) is 5.69 Å². The highest BCUT2D eigenvalue weighted by molar-refractivity contribution is 9.10. The third-order valence-electron chi connectivity index (χ3n) is 4.84. The molecule has 4 aromatic rings. The number of oxazole rings is 1. The second-order valence-corrected chi connectivity index (χ2v) is 9.05. The molecule has 1 aromatic heterocycles. The number of fused-ring (bicyclic) bond motifs is 1. The fraction of sp³-hybridized carbons (Fsp3) is 0.115. The van der Waals surface area contributed by atoms with Gasteiger partial charge in [-0.25, -0.2) is 4.98 Å². The summed E-state index contributed by atoms with van der Waals surface area (Å²) in [5.74, 6) is 0.565. The van der Waals surface area contributed by atoms with Crippen molar-refractivity contribution in [1.29, 1.82) is 5.26 Å². The third-order valence-corrected chi connectivity index (χ3v) is 6.17. The lowest BCUT2D eigenvalue weighted by Crippen LogP contribution is -2.20. The molecular weight excluding hydrogens is 569 g/mol. The molecule has 7 nitrogen and oxygen atoms in total. The van der Waals surface area contributed by atoms with Gasteiger partial charge in [0.2, 0.25) is 5.89 Å². The minimum absolute atomic E-state index is 0.215. The summed E-state index contributed by atoms with van der Waals surface area (Å²) in [5.41, 5.74) is 2.64. The molecule has 0 bridgehead atoms. The molecular formula is C26H18BrCl2N3O4. The Morgan fingerprint density at radius 1 is 1.17 bits per heavy atom. The molecule has 0 saturated heterocycles. The lowest BCUT2D eigenvalue weighted by molar-refractivity contribution is -0.118. The number of benzene rings is 3. The van der Waals surface area contributed by atoms with Gasteiger partial charge in [0.15, 0.2) is 23.7 Å². The number of aromatic nitrogens is 1. The van der Waals surface area contributed by atoms with Crippen LogP contribution in [-0.2, 0) is 4.79 Å². The highest BCUT2D eigenvalue weighted by Crippen LogP contribution is 2.38. The summed E-state index contributed by atoms with van der Waals surface area (Å²) in [4.78, 5) is 16.8. The van der Waals surface area contributed by atoms with E-state index in [1.807, 2.05) is 25.1 Å². The SMILES string of the molecule is CCOc1cc(/C=C(\C#N)c2nc3ccccc3o2)cc(Br)c1OCC(=O)Nc1ccc(Cl)c(Cl)c1. The van der Waals surface area contributed by atoms with Crippen LogP contribution >= 0.6 is 39.1 Å². The largest absolute Gasteiger partial charge is 0.490 e. The smallest absolute Gasteiger partial charge is 0.262 e. The van der Waals surface area contributed by atoms with Crippen molar-refractivity contribution in [1.82, 2.24) is 4.98 Å². The van der Waals surface area contributed by atoms with Crippen molar-refractivity contribution in [3.8, 4) is 17.6 Å². The van der Waals surface area contributed by atoms with Gasteiger partial charge in [0.05, 0.1) is 21.1 Å². The fourth-order valence-corrected chi connectivity index (χ4v) is 4.15. The molecule has 10 heteroatoms. The number of nitriles is 1. The first-order chi connectivity index (χ1) is 17.4. The summed E-state index contributed by atoms with van der Waals surface area (Å²) >= 11 is 15.4. The molecule has 0 spiro atoms. The molecule has 0 saturated carbocycles. The first-order valence-corrected chi connectivity index (χ1v) is 12.2. The number of ether oxygens (including phenoxy) is 2. The van der Waals surface area contributed by atoms with Gasteiger partial charge in [-0.2, -0.15) is 5.26 Å². The highest BCUT2D eigenvalue weighted by Gasteiger charge is 2.16. The summed E-state index contributed by atoms with van der Waals surface area (Å²) in [6, 6.07) is 17.6. The predicted molar refractivity (Wildman–Crippen MR) is 143 cm³/mol. The summed E-state index contributed by atoms with van der Waals surface area (Å²) in [6.45, 7) is 1.92. The zero-order valence-electron chi connectivity index (χ0n) is 18.8. The van der Waals surface area contributed by atoms with Crippen LogP contribution < -0.4 is 14.8 Å². The molecule has 0 aliphatic rings. The molecule has 1 heterocycles. The summed E-state index contributed by atoms with van der Waals surface area (Å²) in [7, 11) is 0. The van der Waals surface area contributed by atoms with Crippen LogP contribution in [0.5, 0.6) is 11.5 Å². The number of carbonyl (C=O) groups excluding carboxylic acids is 1. The summed E-state index contributed by atoms with van der Waals surface area (Å²) in [5, 5.41) is 13.1. The monoisotopic (exact) mass is 585 g/mol. The minimum atomic E-state index is -0.394. The number of nitrogens with one attached hydrogen (secondary N) is 1. The molecule has 36 heavy (non-hydrogen) atoms. The van der Waals surface area contributed by atoms with E-state index in [4.69, 9.17) is 37.1 Å². The van der Waals surface area contributed by atoms with E-state index in [9.17, 15) is 10.1 Å². The van der Waals surface area contributed by atoms with E-state index in [1.165, 1.54) is 0 Å². The van der Waals surface area contributed by atoms with E-state index in [-0.39, 0.29) is 18.1 Å². The van der Waals surface area contributed by atoms with Gasteiger partial charge in [0.25, 0.3) is 5.91 Å². The molecule has 3 aromatic carbocycles. The minimum Gasteiger partial charge on any atom is -0.490 e. The van der Waals surface area contributed by atoms with Gasteiger partial charge in [-0.05, 0) is 77.0 Å². The van der Waals surface area contributed by atoms with Crippen LogP contribution in [0.25, 0.3) is 22.7 Å². The van der Waals surface area contributed by atoms with Crippen molar-refractivity contribution in [2.45, 2.75) is 6.92 Å². The van der Waals surface area contributed by atoms with Crippen molar-refractivity contribution >= 4 is 73.5 Å². The van der Waals surface area contributed by atoms with Crippen molar-refractivity contribution < 1.29 is 18.7 Å². The molecule has 0 unspecified atom stereocenters. The summed E-state index contributed by atoms with van der Waals surface area (Å²) < 4.78 is 17.8. The van der Waals surface area contributed by atoms with E-state index in [1.54, 1.807) is 42.5 Å². The maximum Gasteiger partial charge on any atom is 0.262 e. The van der Waals surface area contributed by atoms with Gasteiger partial charge in [0.1, 0.15) is 17.2 Å². The number of rotatable bonds is 8. The number of carbonyl (C=O) groups is 1. The van der Waals surface area contributed by atoms with E-state index in [2.05, 4.69) is 32.3 Å². The zero-order chi connectivity index (χ0) is 25.7. The van der Waals surface area contributed by atoms with Crippen LogP contribution in [0.15, 0.2) is 63.5 Å². The van der Waals surface area contributed by atoms with E-state index < -0.39 is 5.91 Å². The Morgan fingerprint density at radius 3 is 2.69 bits per heavy atom. The molecule has 0 aliphatic carbocycles. The van der Waals surface area contributed by atoms with Crippen molar-refractivity contribution in [2.24, 2.45) is 0 Å². The number of amides is 1. The average Bonchev–Trinajstić information content (AvgIpc) is 3.28. The Kier molecular flexibility index (Phi) is 8.16. The van der Waals surface area contributed by atoms with Gasteiger partial charge in [-0.15, -0.1) is 0 Å². The molecule has 0 fully saturated rings. The number of allylic oxidation sites excluding steroid dienone is 1. The molecule has 1 amide bonds. The summed E-state index contributed by atoms with van der Waals surface area (Å²) in [6.07, 6.45) is 1.64. The van der Waals surface area contributed by atoms with Crippen molar-refractivity contribution in [3.63, 3.8) is 0 Å². The van der Waals surface area contributed by atoms with Gasteiger partial charge < -0.3 is 19.2 Å². The second kappa shape index (κ2) is 11.5. The van der Waals surface area contributed by atoms with Crippen LogP contribution in [-0.4, -0.2) is 24.1 Å². The Bertz CT molecular complexity index is 1480. The Morgan fingerprint density at radius 2 is 1.97 bits per heavy atom. The maximum atomic E-state index is 12.4. The van der Waals surface area contributed by atoms with E-state index >= 15 is 0 Å². The fourth-order valence-electron chi connectivity index (χ4n) is 3.28. The Hall–Kier alpha value is -3.51. The second-order valence-electron chi connectivity index (χ2n) is 7.39. The number of anilines is 1. The number of hydrogen-bond donors (Lipinski definition) is 1. The van der Waals surface area contributed by atoms with Gasteiger partial charge in [-0.3, -0.25) is 4.79 Å². The normalized spacial score (nSPS) is 11.2. The third kappa shape index (κ3) is 6.00. The highest BCUT2D eigenvalue weighted by atomic mass is 79.9. The lowest BCUT2D eigenvalue weighted by atomic mass is 10.1. The van der Waals surface area contributed by atoms with Gasteiger partial charge in [-0.1, -0.05) is 35.3 Å². The number of para-hydroxylation sites is 2. The predicted octanol–water partition coefficient (Wildman–Crippen LogP) is 7.38. The molecule has 0 atom stereocenters. The van der Waals surface area contributed by atoms with Crippen LogP contribution in [0.3, 0.4) is 0 Å². The zero-order valence-corrected chi connectivity index (χ0v) is 21.9. The molecule has 0 aliphatic heterocycles. The quantitative estimate of drug-likeness (QED) is 0.216. The van der Waals surface area contributed by atoms with Crippen LogP contribution in [0.4, 0.5) is 5.69 Å². The van der Waals surface area contributed by atoms with Crippen molar-refractivity contribution in [3.05, 3.63) is 80.6 Å². The Labute approximate surface area is 225 Å². The topological polar surface area (TPSA) is 97.4 Å². The Balaban J connectivity index is 1.55. The molecule has 182 valence electrons. The first kappa shape index (κ1) is 25.6. The van der Waals surface area contributed by atoms with Crippen molar-refractivity contribution in [2.75, 3.05) is 18.5 Å². The molecule has 4 rings (SSSR count). The number of hydrogen-bond acceptors (Lipinski definition) is 6. The van der Waals surface area contributed by atoms with Crippen LogP contribution in [0, 0.1) is 11.3 Å². The number of halogens is 3. The van der Waals surface area contributed by atoms with Gasteiger partial charge >= 0.3 is 0 Å². The molecule has 1 N–H and O–H groups in total.